The molecule has 2 unspecified atom stereocenters. The molecule has 0 aliphatic carbocycles. The quantitative estimate of drug-likeness (QED) is 0.693. The van der Waals surface area contributed by atoms with Crippen LogP contribution in [0.2, 0.25) is 0 Å². The number of amides is 1. The first kappa shape index (κ1) is 19.1. The first-order valence-corrected chi connectivity index (χ1v) is 8.75. The average molecular weight is 406 g/mol. The Labute approximate surface area is 155 Å². The fourth-order valence-electron chi connectivity index (χ4n) is 2.36. The average Bonchev–Trinajstić information content (AvgIpc) is 2.63. The van der Waals surface area contributed by atoms with Crippen molar-refractivity contribution in [1.82, 2.24) is 5.32 Å². The summed E-state index contributed by atoms with van der Waals surface area (Å²) in [6, 6.07) is 15.7. The van der Waals surface area contributed by atoms with Gasteiger partial charge in [-0.3, -0.25) is 9.59 Å². The lowest BCUT2D eigenvalue weighted by molar-refractivity contribution is -0.151. The summed E-state index contributed by atoms with van der Waals surface area (Å²) in [6.07, 6.45) is -1.08. The van der Waals surface area contributed by atoms with E-state index in [0.29, 0.717) is 11.1 Å². The number of nitrogens with one attached hydrogen (secondary N) is 1. The molecular formula is C19H20BrNO4. The van der Waals surface area contributed by atoms with Gasteiger partial charge in [-0.05, 0) is 36.8 Å². The maximum Gasteiger partial charge on any atom is 0.313 e. The third kappa shape index (κ3) is 5.41. The molecule has 2 atom stereocenters. The zero-order valence-electron chi connectivity index (χ0n) is 13.8. The Morgan fingerprint density at radius 2 is 1.76 bits per heavy atom. The van der Waals surface area contributed by atoms with E-state index in [1.807, 2.05) is 6.07 Å². The van der Waals surface area contributed by atoms with Gasteiger partial charge >= 0.3 is 5.97 Å². The minimum atomic E-state index is -1.08. The van der Waals surface area contributed by atoms with E-state index in [2.05, 4.69) is 21.2 Å². The van der Waals surface area contributed by atoms with Gasteiger partial charge in [0, 0.05) is 16.6 Å². The van der Waals surface area contributed by atoms with Crippen molar-refractivity contribution < 1.29 is 19.4 Å². The molecule has 25 heavy (non-hydrogen) atoms. The number of carbonyl (C=O) groups is 2. The third-order valence-corrected chi connectivity index (χ3v) is 4.23. The summed E-state index contributed by atoms with van der Waals surface area (Å²) in [5.41, 5.74) is 1.07. The van der Waals surface area contributed by atoms with Crippen molar-refractivity contribution in [3.63, 3.8) is 0 Å². The SMILES string of the molecule is CCOC(=O)C(CNC(=O)c1ccccc1)C(O)c1ccc(Br)cc1. The molecule has 132 valence electrons. The lowest BCUT2D eigenvalue weighted by Gasteiger charge is -2.22. The molecule has 6 heteroatoms. The fraction of sp³-hybridized carbons (Fsp3) is 0.263. The highest BCUT2D eigenvalue weighted by Gasteiger charge is 2.30. The predicted octanol–water partition coefficient (Wildman–Crippen LogP) is 3.09. The molecule has 2 rings (SSSR count). The third-order valence-electron chi connectivity index (χ3n) is 3.70. The van der Waals surface area contributed by atoms with E-state index in [1.54, 1.807) is 55.5 Å². The van der Waals surface area contributed by atoms with Crippen LogP contribution in [0.3, 0.4) is 0 Å². The van der Waals surface area contributed by atoms with Gasteiger partial charge in [0.1, 0.15) is 5.92 Å². The second kappa shape index (κ2) is 9.34. The Hall–Kier alpha value is -2.18. The maximum absolute atomic E-state index is 12.2. The fourth-order valence-corrected chi connectivity index (χ4v) is 2.62. The number of ether oxygens (including phenoxy) is 1. The highest BCUT2D eigenvalue weighted by atomic mass is 79.9. The maximum atomic E-state index is 12.2. The van der Waals surface area contributed by atoms with Crippen LogP contribution in [0.1, 0.15) is 28.9 Å². The zero-order valence-corrected chi connectivity index (χ0v) is 15.4. The Kier molecular flexibility index (Phi) is 7.16. The number of hydrogen-bond donors (Lipinski definition) is 2. The van der Waals surface area contributed by atoms with E-state index in [1.165, 1.54) is 0 Å². The van der Waals surface area contributed by atoms with E-state index in [-0.39, 0.29) is 19.1 Å². The van der Waals surface area contributed by atoms with E-state index in [0.717, 1.165) is 4.47 Å². The van der Waals surface area contributed by atoms with Gasteiger partial charge in [0.25, 0.3) is 5.91 Å². The number of hydrogen-bond acceptors (Lipinski definition) is 4. The van der Waals surface area contributed by atoms with E-state index >= 15 is 0 Å². The first-order chi connectivity index (χ1) is 12.0. The minimum absolute atomic E-state index is 0.0240. The highest BCUT2D eigenvalue weighted by Crippen LogP contribution is 2.24. The molecular weight excluding hydrogens is 386 g/mol. The van der Waals surface area contributed by atoms with Gasteiger partial charge in [0.15, 0.2) is 0 Å². The van der Waals surface area contributed by atoms with Crippen LogP contribution in [0.4, 0.5) is 0 Å². The molecule has 0 saturated heterocycles. The monoisotopic (exact) mass is 405 g/mol. The van der Waals surface area contributed by atoms with Gasteiger partial charge in [-0.1, -0.05) is 46.3 Å². The van der Waals surface area contributed by atoms with Crippen LogP contribution in [0.5, 0.6) is 0 Å². The summed E-state index contributed by atoms with van der Waals surface area (Å²) in [4.78, 5) is 24.4. The van der Waals surface area contributed by atoms with E-state index < -0.39 is 18.0 Å². The minimum Gasteiger partial charge on any atom is -0.466 e. The van der Waals surface area contributed by atoms with Crippen molar-refractivity contribution in [2.45, 2.75) is 13.0 Å². The molecule has 0 heterocycles. The number of esters is 1. The molecule has 0 fully saturated rings. The number of rotatable bonds is 7. The molecule has 0 radical (unpaired) electrons. The molecule has 2 aromatic carbocycles. The standard InChI is InChI=1S/C19H20BrNO4/c1-2-25-19(24)16(17(22)13-8-10-15(20)11-9-13)12-21-18(23)14-6-4-3-5-7-14/h3-11,16-17,22H,2,12H2,1H3,(H,21,23). The second-order valence-corrected chi connectivity index (χ2v) is 6.35. The molecule has 0 saturated carbocycles. The zero-order chi connectivity index (χ0) is 18.2. The van der Waals surface area contributed by atoms with Gasteiger partial charge in [0.05, 0.1) is 12.7 Å². The number of carbonyl (C=O) groups excluding carboxylic acids is 2. The van der Waals surface area contributed by atoms with Gasteiger partial charge < -0.3 is 15.2 Å². The van der Waals surface area contributed by atoms with Crippen LogP contribution in [0.25, 0.3) is 0 Å². The van der Waals surface area contributed by atoms with E-state index in [9.17, 15) is 14.7 Å². The molecule has 5 nitrogen and oxygen atoms in total. The van der Waals surface area contributed by atoms with E-state index in [4.69, 9.17) is 4.74 Å². The summed E-state index contributed by atoms with van der Waals surface area (Å²) >= 11 is 3.33. The lowest BCUT2D eigenvalue weighted by atomic mass is 9.95. The lowest BCUT2D eigenvalue weighted by Crippen LogP contribution is -2.37. The molecule has 0 aromatic heterocycles. The molecule has 1 amide bonds. The number of aliphatic hydroxyl groups excluding tert-OH is 1. The predicted molar refractivity (Wildman–Crippen MR) is 98.0 cm³/mol. The summed E-state index contributed by atoms with van der Waals surface area (Å²) in [6.45, 7) is 1.88. The van der Waals surface area contributed by atoms with Crippen LogP contribution in [-0.2, 0) is 9.53 Å². The number of halogens is 1. The summed E-state index contributed by atoms with van der Waals surface area (Å²) in [5.74, 6) is -1.75. The Morgan fingerprint density at radius 1 is 1.12 bits per heavy atom. The smallest absolute Gasteiger partial charge is 0.313 e. The van der Waals surface area contributed by atoms with Gasteiger partial charge in [-0.2, -0.15) is 0 Å². The van der Waals surface area contributed by atoms with Crippen LogP contribution in [-0.4, -0.2) is 30.1 Å². The molecule has 0 spiro atoms. The number of aliphatic hydroxyl groups is 1. The van der Waals surface area contributed by atoms with Gasteiger partial charge in [-0.25, -0.2) is 0 Å². The Morgan fingerprint density at radius 3 is 2.36 bits per heavy atom. The molecule has 2 N–H and O–H groups in total. The summed E-state index contributed by atoms with van der Waals surface area (Å²) in [7, 11) is 0. The first-order valence-electron chi connectivity index (χ1n) is 7.96. The Bertz CT molecular complexity index is 703. The molecule has 0 aliphatic rings. The van der Waals surface area contributed by atoms with Crippen LogP contribution in [0, 0.1) is 5.92 Å². The van der Waals surface area contributed by atoms with Gasteiger partial charge in [-0.15, -0.1) is 0 Å². The van der Waals surface area contributed by atoms with Crippen molar-refractivity contribution in [3.05, 3.63) is 70.2 Å². The number of benzene rings is 2. The van der Waals surface area contributed by atoms with Gasteiger partial charge in [0.2, 0.25) is 0 Å². The normalized spacial score (nSPS) is 12.9. The molecule has 2 aromatic rings. The van der Waals surface area contributed by atoms with Crippen LogP contribution >= 0.6 is 15.9 Å². The van der Waals surface area contributed by atoms with Crippen molar-refractivity contribution in [3.8, 4) is 0 Å². The molecule has 0 bridgehead atoms. The second-order valence-electron chi connectivity index (χ2n) is 5.43. The van der Waals surface area contributed by atoms with Crippen molar-refractivity contribution in [2.75, 3.05) is 13.2 Å². The van der Waals surface area contributed by atoms with Crippen LogP contribution < -0.4 is 5.32 Å². The van der Waals surface area contributed by atoms with Crippen molar-refractivity contribution >= 4 is 27.8 Å². The largest absolute Gasteiger partial charge is 0.466 e. The van der Waals surface area contributed by atoms with Crippen LogP contribution in [0.15, 0.2) is 59.1 Å². The van der Waals surface area contributed by atoms with Crippen molar-refractivity contribution in [1.29, 1.82) is 0 Å². The molecule has 0 aliphatic heterocycles. The topological polar surface area (TPSA) is 75.6 Å². The summed E-state index contributed by atoms with van der Waals surface area (Å²) in [5, 5.41) is 13.3. The highest BCUT2D eigenvalue weighted by molar-refractivity contribution is 9.10. The van der Waals surface area contributed by atoms with Crippen molar-refractivity contribution in [2.24, 2.45) is 5.92 Å². The summed E-state index contributed by atoms with van der Waals surface area (Å²) < 4.78 is 5.92. The Balaban J connectivity index is 2.11.